The van der Waals surface area contributed by atoms with Crippen molar-refractivity contribution in [3.63, 3.8) is 0 Å². The number of aromatic nitrogens is 3. The Balaban J connectivity index is 1.47. The summed E-state index contributed by atoms with van der Waals surface area (Å²) >= 11 is 7.34. The molecule has 0 bridgehead atoms. The highest BCUT2D eigenvalue weighted by Crippen LogP contribution is 2.24. The van der Waals surface area contributed by atoms with Crippen LogP contribution in [0.4, 0.5) is 4.39 Å². The number of ether oxygens (including phenoxy) is 1. The molecule has 3 aromatic rings. The van der Waals surface area contributed by atoms with E-state index in [0.717, 1.165) is 5.56 Å². The number of amides is 1. The highest BCUT2D eigenvalue weighted by molar-refractivity contribution is 7.99. The van der Waals surface area contributed by atoms with E-state index >= 15 is 0 Å². The lowest BCUT2D eigenvalue weighted by atomic mass is 10.2. The van der Waals surface area contributed by atoms with Crippen LogP contribution in [0.15, 0.2) is 53.7 Å². The largest absolute Gasteiger partial charge is 0.484 e. The van der Waals surface area contributed by atoms with Gasteiger partial charge in [0.05, 0.1) is 10.8 Å². The van der Waals surface area contributed by atoms with Gasteiger partial charge in [-0.15, -0.1) is 10.2 Å². The highest BCUT2D eigenvalue weighted by atomic mass is 35.5. The molecule has 0 aliphatic carbocycles. The molecule has 0 fully saturated rings. The van der Waals surface area contributed by atoms with Crippen LogP contribution < -0.4 is 10.1 Å². The molecule has 9 heteroatoms. The van der Waals surface area contributed by atoms with Crippen LogP contribution in [-0.4, -0.2) is 26.4 Å². The SMILES string of the molecule is Cn1c(COc2ccccc2Cl)nnc1SCC(=O)NCc1ccc(F)cc1. The number of rotatable bonds is 8. The van der Waals surface area contributed by atoms with E-state index in [2.05, 4.69) is 15.5 Å². The van der Waals surface area contributed by atoms with Crippen LogP contribution in [0, 0.1) is 5.82 Å². The van der Waals surface area contributed by atoms with E-state index in [0.29, 0.717) is 28.3 Å². The Kier molecular flexibility index (Phi) is 6.89. The van der Waals surface area contributed by atoms with Gasteiger partial charge in [-0.05, 0) is 29.8 Å². The third-order valence-corrected chi connectivity index (χ3v) is 5.19. The molecule has 28 heavy (non-hydrogen) atoms. The van der Waals surface area contributed by atoms with Crippen molar-refractivity contribution in [2.45, 2.75) is 18.3 Å². The number of hydrogen-bond donors (Lipinski definition) is 1. The second-order valence-corrected chi connectivity index (χ2v) is 7.22. The first kappa shape index (κ1) is 20.2. The van der Waals surface area contributed by atoms with E-state index in [9.17, 15) is 9.18 Å². The lowest BCUT2D eigenvalue weighted by Gasteiger charge is -2.08. The zero-order valence-corrected chi connectivity index (χ0v) is 16.6. The predicted octanol–water partition coefficient (Wildman–Crippen LogP) is 3.60. The monoisotopic (exact) mass is 420 g/mol. The molecule has 0 spiro atoms. The van der Waals surface area contributed by atoms with E-state index in [1.165, 1.54) is 23.9 Å². The highest BCUT2D eigenvalue weighted by Gasteiger charge is 2.12. The molecule has 0 saturated heterocycles. The number of para-hydroxylation sites is 1. The molecule has 1 aromatic heterocycles. The molecule has 0 radical (unpaired) electrons. The van der Waals surface area contributed by atoms with Gasteiger partial charge in [0.1, 0.15) is 18.2 Å². The van der Waals surface area contributed by atoms with Crippen molar-refractivity contribution in [3.05, 3.63) is 70.8 Å². The maximum Gasteiger partial charge on any atom is 0.230 e. The van der Waals surface area contributed by atoms with Gasteiger partial charge in [0.15, 0.2) is 11.0 Å². The maximum atomic E-state index is 12.9. The Bertz CT molecular complexity index is 949. The Morgan fingerprint density at radius 1 is 1.21 bits per heavy atom. The van der Waals surface area contributed by atoms with Crippen LogP contribution in [-0.2, 0) is 25.0 Å². The van der Waals surface area contributed by atoms with E-state index < -0.39 is 0 Å². The molecular weight excluding hydrogens is 403 g/mol. The molecule has 0 atom stereocenters. The molecule has 6 nitrogen and oxygen atoms in total. The standard InChI is InChI=1S/C19H18ClFN4O2S/c1-25-17(11-27-16-5-3-2-4-15(16)20)23-24-19(25)28-12-18(26)22-10-13-6-8-14(21)9-7-13/h2-9H,10-12H2,1H3,(H,22,26). The number of thioether (sulfide) groups is 1. The second kappa shape index (κ2) is 9.57. The molecule has 0 aliphatic rings. The van der Waals surface area contributed by atoms with Crippen molar-refractivity contribution in [3.8, 4) is 5.75 Å². The lowest BCUT2D eigenvalue weighted by Crippen LogP contribution is -2.24. The summed E-state index contributed by atoms with van der Waals surface area (Å²) in [5.74, 6) is 0.933. The fraction of sp³-hybridized carbons (Fsp3) is 0.211. The summed E-state index contributed by atoms with van der Waals surface area (Å²) in [6, 6.07) is 13.2. The smallest absolute Gasteiger partial charge is 0.230 e. The van der Waals surface area contributed by atoms with Gasteiger partial charge in [0, 0.05) is 13.6 Å². The van der Waals surface area contributed by atoms with E-state index in [1.807, 2.05) is 19.2 Å². The molecule has 0 saturated carbocycles. The van der Waals surface area contributed by atoms with E-state index in [4.69, 9.17) is 16.3 Å². The minimum atomic E-state index is -0.303. The van der Waals surface area contributed by atoms with Gasteiger partial charge in [0.25, 0.3) is 0 Å². The molecule has 3 rings (SSSR count). The predicted molar refractivity (Wildman–Crippen MR) is 106 cm³/mol. The average molecular weight is 421 g/mol. The molecule has 146 valence electrons. The number of hydrogen-bond acceptors (Lipinski definition) is 5. The lowest BCUT2D eigenvalue weighted by molar-refractivity contribution is -0.118. The summed E-state index contributed by atoms with van der Waals surface area (Å²) in [7, 11) is 1.81. The van der Waals surface area contributed by atoms with Crippen LogP contribution in [0.3, 0.4) is 0 Å². The first-order valence-corrected chi connectivity index (χ1v) is 9.79. The van der Waals surface area contributed by atoms with Crippen molar-refractivity contribution in [1.82, 2.24) is 20.1 Å². The minimum Gasteiger partial charge on any atom is -0.484 e. The number of carbonyl (C=O) groups is 1. The van der Waals surface area contributed by atoms with Crippen LogP contribution in [0.2, 0.25) is 5.02 Å². The van der Waals surface area contributed by atoms with Gasteiger partial charge in [0.2, 0.25) is 5.91 Å². The molecular formula is C19H18ClFN4O2S. The van der Waals surface area contributed by atoms with Crippen LogP contribution in [0.1, 0.15) is 11.4 Å². The van der Waals surface area contributed by atoms with E-state index in [-0.39, 0.29) is 24.1 Å². The Morgan fingerprint density at radius 2 is 1.96 bits per heavy atom. The summed E-state index contributed by atoms with van der Waals surface area (Å²) in [4.78, 5) is 12.0. The number of nitrogens with zero attached hydrogens (tertiary/aromatic N) is 3. The average Bonchev–Trinajstić information content (AvgIpc) is 3.05. The number of carbonyl (C=O) groups excluding carboxylic acids is 1. The first-order chi connectivity index (χ1) is 13.5. The molecule has 0 aliphatic heterocycles. The van der Waals surface area contributed by atoms with E-state index in [1.54, 1.807) is 28.8 Å². The molecule has 1 N–H and O–H groups in total. The van der Waals surface area contributed by atoms with Crippen LogP contribution in [0.5, 0.6) is 5.75 Å². The second-order valence-electron chi connectivity index (χ2n) is 5.87. The molecule has 2 aromatic carbocycles. The van der Waals surface area contributed by atoms with Gasteiger partial charge in [-0.2, -0.15) is 0 Å². The first-order valence-electron chi connectivity index (χ1n) is 8.42. The van der Waals surface area contributed by atoms with Gasteiger partial charge in [-0.25, -0.2) is 4.39 Å². The molecule has 1 amide bonds. The van der Waals surface area contributed by atoms with Gasteiger partial charge < -0.3 is 14.6 Å². The third-order valence-electron chi connectivity index (χ3n) is 3.85. The minimum absolute atomic E-state index is 0.147. The van der Waals surface area contributed by atoms with Crippen molar-refractivity contribution in [2.24, 2.45) is 7.05 Å². The zero-order chi connectivity index (χ0) is 19.9. The third kappa shape index (κ3) is 5.46. The number of benzene rings is 2. The number of nitrogens with one attached hydrogen (secondary N) is 1. The molecule has 0 unspecified atom stereocenters. The summed E-state index contributed by atoms with van der Waals surface area (Å²) in [6.07, 6.45) is 0. The summed E-state index contributed by atoms with van der Waals surface area (Å²) in [6.45, 7) is 0.556. The summed E-state index contributed by atoms with van der Waals surface area (Å²) in [5.41, 5.74) is 0.831. The normalized spacial score (nSPS) is 10.7. The maximum absolute atomic E-state index is 12.9. The van der Waals surface area contributed by atoms with Crippen LogP contribution in [0.25, 0.3) is 0 Å². The summed E-state index contributed by atoms with van der Waals surface area (Å²) in [5, 5.41) is 12.1. The van der Waals surface area contributed by atoms with Crippen molar-refractivity contribution < 1.29 is 13.9 Å². The Hall–Kier alpha value is -2.58. The zero-order valence-electron chi connectivity index (χ0n) is 15.1. The quantitative estimate of drug-likeness (QED) is 0.564. The fourth-order valence-electron chi connectivity index (χ4n) is 2.28. The van der Waals surface area contributed by atoms with Gasteiger partial charge in [-0.3, -0.25) is 4.79 Å². The van der Waals surface area contributed by atoms with Gasteiger partial charge >= 0.3 is 0 Å². The summed E-state index contributed by atoms with van der Waals surface area (Å²) < 4.78 is 20.3. The van der Waals surface area contributed by atoms with Crippen molar-refractivity contribution >= 4 is 29.3 Å². The fourth-order valence-corrected chi connectivity index (χ4v) is 3.23. The topological polar surface area (TPSA) is 69.0 Å². The van der Waals surface area contributed by atoms with Crippen LogP contribution >= 0.6 is 23.4 Å². The Labute approximate surface area is 171 Å². The van der Waals surface area contributed by atoms with Crippen molar-refractivity contribution in [2.75, 3.05) is 5.75 Å². The molecule has 1 heterocycles. The Morgan fingerprint density at radius 3 is 2.71 bits per heavy atom. The van der Waals surface area contributed by atoms with Crippen molar-refractivity contribution in [1.29, 1.82) is 0 Å². The van der Waals surface area contributed by atoms with Gasteiger partial charge in [-0.1, -0.05) is 47.6 Å². The number of halogens is 2.